The molecule has 0 saturated carbocycles. The highest BCUT2D eigenvalue weighted by Crippen LogP contribution is 2.19. The van der Waals surface area contributed by atoms with Gasteiger partial charge in [0.1, 0.15) is 0 Å². The van der Waals surface area contributed by atoms with Crippen LogP contribution >= 0.6 is 0 Å². The maximum atomic E-state index is 12.5. The van der Waals surface area contributed by atoms with Crippen molar-refractivity contribution in [2.45, 2.75) is 398 Å². The fourth-order valence-electron chi connectivity index (χ4n) is 10.9. The molecule has 0 aliphatic carbocycles. The van der Waals surface area contributed by atoms with Crippen molar-refractivity contribution in [2.75, 3.05) is 13.2 Å². The number of nitrogens with one attached hydrogen (secondary N) is 1. The molecule has 0 bridgehead atoms. The predicted molar refractivity (Wildman–Crippen MR) is 333 cm³/mol. The van der Waals surface area contributed by atoms with Gasteiger partial charge < -0.3 is 20.3 Å². The van der Waals surface area contributed by atoms with E-state index in [0.717, 1.165) is 44.9 Å². The van der Waals surface area contributed by atoms with E-state index in [-0.39, 0.29) is 18.5 Å². The lowest BCUT2D eigenvalue weighted by atomic mass is 10.0. The Morgan fingerprint density at radius 3 is 0.961 bits per heavy atom. The van der Waals surface area contributed by atoms with Crippen molar-refractivity contribution in [1.82, 2.24) is 5.32 Å². The maximum Gasteiger partial charge on any atom is 0.305 e. The number of aliphatic hydroxyl groups is 2. The molecule has 3 N–H and O–H groups in total. The molecule has 0 aromatic heterocycles. The molecule has 0 spiro atoms. The average molecular weight is 1070 g/mol. The average Bonchev–Trinajstić information content (AvgIpc) is 3.42. The van der Waals surface area contributed by atoms with Gasteiger partial charge in [-0.1, -0.05) is 321 Å². The second kappa shape index (κ2) is 65.9. The number of esters is 1. The van der Waals surface area contributed by atoms with Crippen molar-refractivity contribution in [3.63, 3.8) is 0 Å². The summed E-state index contributed by atoms with van der Waals surface area (Å²) in [4.78, 5) is 24.6. The zero-order valence-corrected chi connectivity index (χ0v) is 51.5. The summed E-state index contributed by atoms with van der Waals surface area (Å²) in [6.07, 6.45) is 82.2. The number of amides is 1. The molecule has 0 heterocycles. The Morgan fingerprint density at radius 2 is 0.618 bits per heavy atom. The standard InChI is InChI=1S/C70H135NO5/c1-3-5-7-9-11-13-15-17-18-19-20-27-30-33-36-39-42-46-50-54-58-62-68(73)67(66-72)71-69(74)63-59-55-51-47-43-40-37-34-31-28-25-23-21-22-24-26-29-32-35-38-41-45-49-53-57-61-65-76-70(75)64-60-56-52-48-44-16-14-12-10-8-6-4-2/h12,14,21,23,67-68,72-73H,3-11,13,15-20,22,24-66H2,1-2H3,(H,71,74)/b14-12-,23-21-. The van der Waals surface area contributed by atoms with E-state index in [2.05, 4.69) is 43.5 Å². The molecule has 1 amide bonds. The van der Waals surface area contributed by atoms with Crippen molar-refractivity contribution in [2.24, 2.45) is 0 Å². The normalized spacial score (nSPS) is 12.6. The number of ether oxygens (including phenoxy) is 1. The maximum absolute atomic E-state index is 12.5. The third-order valence-corrected chi connectivity index (χ3v) is 16.2. The van der Waals surface area contributed by atoms with Crippen LogP contribution in [0.4, 0.5) is 0 Å². The van der Waals surface area contributed by atoms with Gasteiger partial charge in [-0.2, -0.15) is 0 Å². The topological polar surface area (TPSA) is 95.9 Å². The van der Waals surface area contributed by atoms with Crippen LogP contribution < -0.4 is 5.32 Å². The molecular formula is C70H135NO5. The van der Waals surface area contributed by atoms with E-state index < -0.39 is 12.1 Å². The Kier molecular flexibility index (Phi) is 64.4. The summed E-state index contributed by atoms with van der Waals surface area (Å²) in [6.45, 7) is 4.96. The van der Waals surface area contributed by atoms with Crippen molar-refractivity contribution < 1.29 is 24.5 Å². The number of hydrogen-bond acceptors (Lipinski definition) is 5. The summed E-state index contributed by atoms with van der Waals surface area (Å²) < 4.78 is 5.47. The molecule has 0 aromatic rings. The number of carbonyl (C=O) groups excluding carboxylic acids is 2. The Bertz CT molecular complexity index is 1190. The van der Waals surface area contributed by atoms with Crippen LogP contribution in [0.3, 0.4) is 0 Å². The Labute approximate surface area is 475 Å². The van der Waals surface area contributed by atoms with Crippen LogP contribution in [0.25, 0.3) is 0 Å². The molecule has 76 heavy (non-hydrogen) atoms. The molecule has 2 unspecified atom stereocenters. The van der Waals surface area contributed by atoms with Crippen LogP contribution in [0.5, 0.6) is 0 Å². The summed E-state index contributed by atoms with van der Waals surface area (Å²) in [5.41, 5.74) is 0. The monoisotopic (exact) mass is 1070 g/mol. The third-order valence-electron chi connectivity index (χ3n) is 16.2. The van der Waals surface area contributed by atoms with Gasteiger partial charge in [0, 0.05) is 12.8 Å². The minimum Gasteiger partial charge on any atom is -0.466 e. The Morgan fingerprint density at radius 1 is 0.355 bits per heavy atom. The molecule has 0 aromatic carbocycles. The first kappa shape index (κ1) is 74.3. The van der Waals surface area contributed by atoms with Crippen LogP contribution in [0.2, 0.25) is 0 Å². The second-order valence-electron chi connectivity index (χ2n) is 23.9. The van der Waals surface area contributed by atoms with Crippen LogP contribution in [0.15, 0.2) is 24.3 Å². The third kappa shape index (κ3) is 61.6. The summed E-state index contributed by atoms with van der Waals surface area (Å²) in [7, 11) is 0. The zero-order valence-electron chi connectivity index (χ0n) is 51.5. The van der Waals surface area contributed by atoms with E-state index in [4.69, 9.17) is 4.74 Å². The molecule has 6 nitrogen and oxygen atoms in total. The van der Waals surface area contributed by atoms with Gasteiger partial charge in [-0.25, -0.2) is 0 Å². The predicted octanol–water partition coefficient (Wildman–Crippen LogP) is 22.1. The Hall–Kier alpha value is -1.66. The highest BCUT2D eigenvalue weighted by atomic mass is 16.5. The van der Waals surface area contributed by atoms with Crippen LogP contribution in [-0.4, -0.2) is 47.4 Å². The van der Waals surface area contributed by atoms with E-state index in [1.807, 2.05) is 0 Å². The van der Waals surface area contributed by atoms with Crippen molar-refractivity contribution in [3.05, 3.63) is 24.3 Å². The van der Waals surface area contributed by atoms with Crippen LogP contribution in [0, 0.1) is 0 Å². The number of hydrogen-bond donors (Lipinski definition) is 3. The molecule has 6 heteroatoms. The van der Waals surface area contributed by atoms with E-state index >= 15 is 0 Å². The first-order valence-corrected chi connectivity index (χ1v) is 34.6. The fourth-order valence-corrected chi connectivity index (χ4v) is 10.9. The highest BCUT2D eigenvalue weighted by Gasteiger charge is 2.20. The number of unbranched alkanes of at least 4 members (excludes halogenated alkanes) is 50. The van der Waals surface area contributed by atoms with Crippen molar-refractivity contribution in [1.29, 1.82) is 0 Å². The van der Waals surface area contributed by atoms with E-state index in [9.17, 15) is 19.8 Å². The number of allylic oxidation sites excluding steroid dienone is 4. The first-order valence-electron chi connectivity index (χ1n) is 34.6. The van der Waals surface area contributed by atoms with Gasteiger partial charge in [0.15, 0.2) is 0 Å². The second-order valence-corrected chi connectivity index (χ2v) is 23.9. The lowest BCUT2D eigenvalue weighted by Gasteiger charge is -2.22. The zero-order chi connectivity index (χ0) is 55.0. The van der Waals surface area contributed by atoms with Crippen molar-refractivity contribution in [3.8, 4) is 0 Å². The minimum absolute atomic E-state index is 0.00485. The van der Waals surface area contributed by atoms with E-state index in [0.29, 0.717) is 25.9 Å². The molecule has 0 fully saturated rings. The molecule has 0 aliphatic heterocycles. The molecule has 0 saturated heterocycles. The van der Waals surface area contributed by atoms with Gasteiger partial charge in [0.25, 0.3) is 0 Å². The first-order chi connectivity index (χ1) is 37.5. The van der Waals surface area contributed by atoms with Crippen LogP contribution in [-0.2, 0) is 14.3 Å². The van der Waals surface area contributed by atoms with Crippen molar-refractivity contribution >= 4 is 11.9 Å². The largest absolute Gasteiger partial charge is 0.466 e. The summed E-state index contributed by atoms with van der Waals surface area (Å²) in [5, 5.41) is 23.4. The van der Waals surface area contributed by atoms with Gasteiger partial charge in [-0.05, 0) is 77.0 Å². The fraction of sp³-hybridized carbons (Fsp3) is 0.914. The molecule has 0 radical (unpaired) electrons. The molecule has 450 valence electrons. The van der Waals surface area contributed by atoms with E-state index in [1.54, 1.807) is 0 Å². The summed E-state index contributed by atoms with van der Waals surface area (Å²) in [5.74, 6) is -0.0278. The lowest BCUT2D eigenvalue weighted by Crippen LogP contribution is -2.45. The Balaban J connectivity index is 3.40. The highest BCUT2D eigenvalue weighted by molar-refractivity contribution is 5.76. The number of rotatable bonds is 65. The van der Waals surface area contributed by atoms with E-state index in [1.165, 1.54) is 308 Å². The van der Waals surface area contributed by atoms with Crippen LogP contribution in [0.1, 0.15) is 386 Å². The smallest absolute Gasteiger partial charge is 0.305 e. The molecule has 0 rings (SSSR count). The minimum atomic E-state index is -0.666. The summed E-state index contributed by atoms with van der Waals surface area (Å²) in [6, 6.07) is -0.544. The van der Waals surface area contributed by atoms with Gasteiger partial charge in [-0.3, -0.25) is 9.59 Å². The number of carbonyl (C=O) groups is 2. The van der Waals surface area contributed by atoms with Gasteiger partial charge in [0.05, 0.1) is 25.4 Å². The molecular weight excluding hydrogens is 935 g/mol. The summed E-state index contributed by atoms with van der Waals surface area (Å²) >= 11 is 0. The van der Waals surface area contributed by atoms with Gasteiger partial charge in [0.2, 0.25) is 5.91 Å². The number of aliphatic hydroxyl groups excluding tert-OH is 2. The molecule has 0 aliphatic rings. The lowest BCUT2D eigenvalue weighted by molar-refractivity contribution is -0.143. The molecule has 2 atom stereocenters. The quantitative estimate of drug-likeness (QED) is 0.0320. The van der Waals surface area contributed by atoms with Gasteiger partial charge in [-0.15, -0.1) is 0 Å². The SMILES string of the molecule is CCCCC/C=C\CCCCCCCC(=O)OCCCCCCCCCCCCCC/C=C\CCCCCCCCCCCCC(=O)NC(CO)C(O)CCCCCCCCCCCCCCCCCCCCCCC. The van der Waals surface area contributed by atoms with Gasteiger partial charge >= 0.3 is 5.97 Å².